The third kappa shape index (κ3) is 4.05. The number of para-hydroxylation sites is 2. The van der Waals surface area contributed by atoms with Crippen LogP contribution in [-0.2, 0) is 6.54 Å². The number of nitrogens with one attached hydrogen (secondary N) is 1. The third-order valence-corrected chi connectivity index (χ3v) is 5.22. The lowest BCUT2D eigenvalue weighted by atomic mass is 10.2. The average Bonchev–Trinajstić information content (AvgIpc) is 3.11. The minimum atomic E-state index is -0.221. The van der Waals surface area contributed by atoms with Crippen LogP contribution in [0.5, 0.6) is 11.5 Å². The average molecular weight is 394 g/mol. The summed E-state index contributed by atoms with van der Waals surface area (Å²) < 4.78 is 13.2. The normalized spacial score (nSPS) is 13.1. The van der Waals surface area contributed by atoms with Gasteiger partial charge in [0.15, 0.2) is 11.5 Å². The third-order valence-electron chi connectivity index (χ3n) is 5.22. The van der Waals surface area contributed by atoms with Gasteiger partial charge in [-0.05, 0) is 43.4 Å². The molecule has 0 radical (unpaired) electrons. The lowest BCUT2D eigenvalue weighted by Crippen LogP contribution is -2.27. The fourth-order valence-corrected chi connectivity index (χ4v) is 3.54. The van der Waals surface area contributed by atoms with Crippen LogP contribution in [0.15, 0.2) is 42.5 Å². The Balaban J connectivity index is 1.59. The SMILES string of the molecule is CCN(CC)CCn1c(NC(=O)c2ccc3c(c2)OCCO3)nc2ccccc21. The minimum Gasteiger partial charge on any atom is -0.486 e. The number of imidazole rings is 1. The van der Waals surface area contributed by atoms with Crippen LogP contribution in [0.25, 0.3) is 11.0 Å². The van der Waals surface area contributed by atoms with E-state index < -0.39 is 0 Å². The van der Waals surface area contributed by atoms with Crippen molar-refractivity contribution in [1.82, 2.24) is 14.5 Å². The Hall–Kier alpha value is -3.06. The second-order valence-electron chi connectivity index (χ2n) is 6.92. The fourth-order valence-electron chi connectivity index (χ4n) is 3.54. The number of ether oxygens (including phenoxy) is 2. The van der Waals surface area contributed by atoms with E-state index in [1.807, 2.05) is 24.3 Å². The van der Waals surface area contributed by atoms with Crippen LogP contribution >= 0.6 is 0 Å². The summed E-state index contributed by atoms with van der Waals surface area (Å²) in [6.45, 7) is 8.93. The molecule has 0 bridgehead atoms. The van der Waals surface area contributed by atoms with E-state index in [0.717, 1.165) is 37.2 Å². The Kier molecular flexibility index (Phi) is 5.67. The second kappa shape index (κ2) is 8.53. The molecule has 7 nitrogen and oxygen atoms in total. The lowest BCUT2D eigenvalue weighted by molar-refractivity contribution is 0.102. The van der Waals surface area contributed by atoms with Gasteiger partial charge in [0.25, 0.3) is 5.91 Å². The Bertz CT molecular complexity index is 1010. The van der Waals surface area contributed by atoms with Gasteiger partial charge < -0.3 is 18.9 Å². The number of likely N-dealkylation sites (N-methyl/N-ethyl adjacent to an activating group) is 1. The van der Waals surface area contributed by atoms with Gasteiger partial charge in [-0.1, -0.05) is 26.0 Å². The molecule has 2 heterocycles. The molecular weight excluding hydrogens is 368 g/mol. The van der Waals surface area contributed by atoms with E-state index in [4.69, 9.17) is 9.47 Å². The molecule has 0 fully saturated rings. The smallest absolute Gasteiger partial charge is 0.258 e. The Morgan fingerprint density at radius 1 is 1.10 bits per heavy atom. The van der Waals surface area contributed by atoms with Crippen LogP contribution in [-0.4, -0.2) is 53.2 Å². The quantitative estimate of drug-likeness (QED) is 0.665. The molecule has 1 aromatic heterocycles. The number of hydrogen-bond acceptors (Lipinski definition) is 5. The van der Waals surface area contributed by atoms with Gasteiger partial charge in [0.1, 0.15) is 13.2 Å². The maximum Gasteiger partial charge on any atom is 0.258 e. The summed E-state index contributed by atoms with van der Waals surface area (Å²) in [6, 6.07) is 13.2. The maximum absolute atomic E-state index is 12.9. The summed E-state index contributed by atoms with van der Waals surface area (Å²) >= 11 is 0. The number of anilines is 1. The number of carbonyl (C=O) groups is 1. The maximum atomic E-state index is 12.9. The van der Waals surface area contributed by atoms with Crippen LogP contribution in [0.3, 0.4) is 0 Å². The van der Waals surface area contributed by atoms with Gasteiger partial charge >= 0.3 is 0 Å². The van der Waals surface area contributed by atoms with Crippen LogP contribution in [0.4, 0.5) is 5.95 Å². The second-order valence-corrected chi connectivity index (χ2v) is 6.92. The van der Waals surface area contributed by atoms with Crippen LogP contribution in [0.1, 0.15) is 24.2 Å². The number of hydrogen-bond donors (Lipinski definition) is 1. The first kappa shape index (κ1) is 19.3. The summed E-state index contributed by atoms with van der Waals surface area (Å²) in [6.07, 6.45) is 0. The highest BCUT2D eigenvalue weighted by molar-refractivity contribution is 6.04. The molecule has 0 unspecified atom stereocenters. The molecule has 29 heavy (non-hydrogen) atoms. The number of carbonyl (C=O) groups excluding carboxylic acids is 1. The van der Waals surface area contributed by atoms with Gasteiger partial charge in [-0.25, -0.2) is 4.98 Å². The summed E-state index contributed by atoms with van der Waals surface area (Å²) in [5, 5.41) is 2.98. The molecule has 2 aromatic carbocycles. The molecule has 0 aliphatic carbocycles. The number of amides is 1. The summed E-state index contributed by atoms with van der Waals surface area (Å²) in [7, 11) is 0. The van der Waals surface area contributed by atoms with Gasteiger partial charge in [-0.15, -0.1) is 0 Å². The number of benzene rings is 2. The van der Waals surface area contributed by atoms with E-state index in [9.17, 15) is 4.79 Å². The zero-order valence-electron chi connectivity index (χ0n) is 16.9. The first-order valence-electron chi connectivity index (χ1n) is 10.1. The molecule has 1 N–H and O–H groups in total. The van der Waals surface area contributed by atoms with Crippen molar-refractivity contribution < 1.29 is 14.3 Å². The van der Waals surface area contributed by atoms with Crippen molar-refractivity contribution in [3.63, 3.8) is 0 Å². The summed E-state index contributed by atoms with van der Waals surface area (Å²) in [5.41, 5.74) is 2.39. The number of aromatic nitrogens is 2. The predicted molar refractivity (Wildman–Crippen MR) is 113 cm³/mol. The molecule has 4 rings (SSSR count). The standard InChI is InChI=1S/C22H26N4O3/c1-3-25(4-2)11-12-26-18-8-6-5-7-17(18)23-22(26)24-21(27)16-9-10-19-20(15-16)29-14-13-28-19/h5-10,15H,3-4,11-14H2,1-2H3,(H,23,24,27). The van der Waals surface area contributed by atoms with Crippen molar-refractivity contribution >= 4 is 22.9 Å². The van der Waals surface area contributed by atoms with E-state index in [1.54, 1.807) is 18.2 Å². The zero-order valence-corrected chi connectivity index (χ0v) is 16.9. The largest absolute Gasteiger partial charge is 0.486 e. The Morgan fingerprint density at radius 3 is 2.66 bits per heavy atom. The van der Waals surface area contributed by atoms with Crippen molar-refractivity contribution in [1.29, 1.82) is 0 Å². The predicted octanol–water partition coefficient (Wildman–Crippen LogP) is 3.40. The molecule has 1 aliphatic rings. The Morgan fingerprint density at radius 2 is 1.86 bits per heavy atom. The molecule has 1 amide bonds. The van der Waals surface area contributed by atoms with E-state index in [1.165, 1.54) is 0 Å². The molecule has 0 saturated heterocycles. The van der Waals surface area contributed by atoms with E-state index >= 15 is 0 Å². The van der Waals surface area contributed by atoms with E-state index in [2.05, 4.69) is 33.6 Å². The molecule has 152 valence electrons. The molecule has 0 spiro atoms. The van der Waals surface area contributed by atoms with Gasteiger partial charge in [-0.3, -0.25) is 10.1 Å². The highest BCUT2D eigenvalue weighted by atomic mass is 16.6. The van der Waals surface area contributed by atoms with E-state index in [-0.39, 0.29) is 5.91 Å². The van der Waals surface area contributed by atoms with Crippen LogP contribution in [0, 0.1) is 0 Å². The molecule has 0 saturated carbocycles. The first-order chi connectivity index (χ1) is 14.2. The van der Waals surface area contributed by atoms with E-state index in [0.29, 0.717) is 36.2 Å². The lowest BCUT2D eigenvalue weighted by Gasteiger charge is -2.20. The fraction of sp³-hybridized carbons (Fsp3) is 0.364. The van der Waals surface area contributed by atoms with Crippen molar-refractivity contribution in [2.75, 3.05) is 38.2 Å². The topological polar surface area (TPSA) is 68.6 Å². The van der Waals surface area contributed by atoms with Crippen molar-refractivity contribution in [2.45, 2.75) is 20.4 Å². The number of nitrogens with zero attached hydrogens (tertiary/aromatic N) is 3. The molecular formula is C22H26N4O3. The van der Waals surface area contributed by atoms with Crippen molar-refractivity contribution in [2.24, 2.45) is 0 Å². The van der Waals surface area contributed by atoms with Crippen molar-refractivity contribution in [3.8, 4) is 11.5 Å². The molecule has 1 aliphatic heterocycles. The minimum absolute atomic E-state index is 0.221. The molecule has 0 atom stereocenters. The van der Waals surface area contributed by atoms with Gasteiger partial charge in [0.2, 0.25) is 5.95 Å². The molecule has 7 heteroatoms. The summed E-state index contributed by atoms with van der Waals surface area (Å²) in [4.78, 5) is 19.9. The number of fused-ring (bicyclic) bond motifs is 2. The summed E-state index contributed by atoms with van der Waals surface area (Å²) in [5.74, 6) is 1.60. The highest BCUT2D eigenvalue weighted by Gasteiger charge is 2.18. The number of rotatable bonds is 7. The van der Waals surface area contributed by atoms with Gasteiger partial charge in [0.05, 0.1) is 11.0 Å². The zero-order chi connectivity index (χ0) is 20.2. The van der Waals surface area contributed by atoms with Crippen LogP contribution in [0.2, 0.25) is 0 Å². The van der Waals surface area contributed by atoms with Crippen LogP contribution < -0.4 is 14.8 Å². The van der Waals surface area contributed by atoms with Gasteiger partial charge in [0, 0.05) is 18.7 Å². The first-order valence-corrected chi connectivity index (χ1v) is 10.1. The van der Waals surface area contributed by atoms with Crippen molar-refractivity contribution in [3.05, 3.63) is 48.0 Å². The highest BCUT2D eigenvalue weighted by Crippen LogP contribution is 2.31. The Labute approximate surface area is 170 Å². The van der Waals surface area contributed by atoms with Gasteiger partial charge in [-0.2, -0.15) is 0 Å². The molecule has 3 aromatic rings. The monoisotopic (exact) mass is 394 g/mol.